The lowest BCUT2D eigenvalue weighted by Gasteiger charge is -2.49. The Morgan fingerprint density at radius 1 is 1.05 bits per heavy atom. The van der Waals surface area contributed by atoms with Gasteiger partial charge in [0.25, 0.3) is 0 Å². The zero-order valence-corrected chi connectivity index (χ0v) is 13.4. The quantitative estimate of drug-likeness (QED) is 0.647. The minimum Gasteiger partial charge on any atom is -0.392 e. The van der Waals surface area contributed by atoms with Gasteiger partial charge in [-0.2, -0.15) is 0 Å². The van der Waals surface area contributed by atoms with Crippen LogP contribution in [0.25, 0.3) is 0 Å². The van der Waals surface area contributed by atoms with Gasteiger partial charge in [0.1, 0.15) is 0 Å². The van der Waals surface area contributed by atoms with Gasteiger partial charge in [0.15, 0.2) is 0 Å². The lowest BCUT2D eigenvalue weighted by molar-refractivity contribution is -0.0933. The Labute approximate surface area is 120 Å². The number of nitrogens with two attached hydrogens (primary N) is 1. The Balaban J connectivity index is 2.42. The molecule has 114 valence electrons. The van der Waals surface area contributed by atoms with Gasteiger partial charge < -0.3 is 10.8 Å². The van der Waals surface area contributed by atoms with Crippen LogP contribution in [0.5, 0.6) is 0 Å². The van der Waals surface area contributed by atoms with Gasteiger partial charge in [0, 0.05) is 12.0 Å². The fraction of sp³-hybridized carbons (Fsp3) is 1.00. The lowest BCUT2D eigenvalue weighted by atomic mass is 9.59. The van der Waals surface area contributed by atoms with Crippen LogP contribution in [0, 0.1) is 10.8 Å². The predicted octanol–water partition coefficient (Wildman–Crippen LogP) is 4.25. The van der Waals surface area contributed by atoms with Gasteiger partial charge in [-0.15, -0.1) is 0 Å². The van der Waals surface area contributed by atoms with E-state index < -0.39 is 0 Å². The van der Waals surface area contributed by atoms with Crippen molar-refractivity contribution < 1.29 is 5.11 Å². The lowest BCUT2D eigenvalue weighted by Crippen LogP contribution is -2.52. The minimum atomic E-state index is -0.227. The summed E-state index contributed by atoms with van der Waals surface area (Å²) in [4.78, 5) is 0. The molecule has 19 heavy (non-hydrogen) atoms. The van der Waals surface area contributed by atoms with Gasteiger partial charge in [-0.1, -0.05) is 65.7 Å². The van der Waals surface area contributed by atoms with Crippen LogP contribution in [0.1, 0.15) is 85.0 Å². The number of aliphatic hydroxyl groups is 1. The molecule has 2 nitrogen and oxygen atoms in total. The molecule has 3 N–H and O–H groups in total. The van der Waals surface area contributed by atoms with E-state index in [2.05, 4.69) is 20.8 Å². The van der Waals surface area contributed by atoms with Crippen molar-refractivity contribution in [3.63, 3.8) is 0 Å². The predicted molar refractivity (Wildman–Crippen MR) is 83.1 cm³/mol. The summed E-state index contributed by atoms with van der Waals surface area (Å²) in [6.45, 7) is 7.29. The summed E-state index contributed by atoms with van der Waals surface area (Å²) in [7, 11) is 0. The van der Waals surface area contributed by atoms with Gasteiger partial charge >= 0.3 is 0 Å². The number of rotatable bonds is 8. The maximum atomic E-state index is 10.7. The molecule has 2 unspecified atom stereocenters. The van der Waals surface area contributed by atoms with Gasteiger partial charge in [0.2, 0.25) is 0 Å². The monoisotopic (exact) mass is 269 g/mol. The van der Waals surface area contributed by atoms with Gasteiger partial charge in [-0.05, 0) is 24.7 Å². The number of hydrogen-bond acceptors (Lipinski definition) is 2. The average molecular weight is 269 g/mol. The molecule has 2 heteroatoms. The molecule has 1 rings (SSSR count). The third kappa shape index (κ3) is 4.46. The second kappa shape index (κ2) is 7.64. The molecule has 0 bridgehead atoms. The smallest absolute Gasteiger partial charge is 0.0659 e. The molecule has 0 aromatic rings. The van der Waals surface area contributed by atoms with Gasteiger partial charge in [-0.3, -0.25) is 0 Å². The molecule has 0 heterocycles. The summed E-state index contributed by atoms with van der Waals surface area (Å²) in [5.74, 6) is 0. The first kappa shape index (κ1) is 17.0. The largest absolute Gasteiger partial charge is 0.392 e. The molecule has 1 aliphatic carbocycles. The first-order valence-electron chi connectivity index (χ1n) is 8.37. The van der Waals surface area contributed by atoms with E-state index in [1.54, 1.807) is 0 Å². The van der Waals surface area contributed by atoms with Crippen molar-refractivity contribution in [2.45, 2.75) is 91.1 Å². The van der Waals surface area contributed by atoms with E-state index in [1.807, 2.05) is 0 Å². The van der Waals surface area contributed by atoms with Crippen molar-refractivity contribution in [2.75, 3.05) is 6.54 Å². The Hall–Kier alpha value is -0.0800. The highest BCUT2D eigenvalue weighted by Gasteiger charge is 2.47. The minimum absolute atomic E-state index is 0.00743. The van der Waals surface area contributed by atoms with E-state index in [-0.39, 0.29) is 16.9 Å². The molecule has 1 fully saturated rings. The summed E-state index contributed by atoms with van der Waals surface area (Å²) >= 11 is 0. The van der Waals surface area contributed by atoms with Crippen LogP contribution in [-0.4, -0.2) is 17.8 Å². The highest BCUT2D eigenvalue weighted by molar-refractivity contribution is 4.98. The molecule has 0 aromatic carbocycles. The highest BCUT2D eigenvalue weighted by atomic mass is 16.3. The molecule has 2 atom stereocenters. The van der Waals surface area contributed by atoms with Gasteiger partial charge in [0.05, 0.1) is 6.10 Å². The van der Waals surface area contributed by atoms with Crippen molar-refractivity contribution in [1.82, 2.24) is 0 Å². The Kier molecular flexibility index (Phi) is 6.82. The Morgan fingerprint density at radius 3 is 2.32 bits per heavy atom. The van der Waals surface area contributed by atoms with E-state index in [1.165, 1.54) is 44.9 Å². The first-order valence-corrected chi connectivity index (χ1v) is 8.37. The maximum absolute atomic E-state index is 10.7. The van der Waals surface area contributed by atoms with Crippen molar-refractivity contribution in [3.8, 4) is 0 Å². The summed E-state index contributed by atoms with van der Waals surface area (Å²) in [6.07, 6.45) is 12.2. The van der Waals surface area contributed by atoms with Crippen LogP contribution < -0.4 is 5.73 Å². The first-order chi connectivity index (χ1) is 8.98. The number of hydrogen-bond donors (Lipinski definition) is 2. The molecule has 0 amide bonds. The van der Waals surface area contributed by atoms with Crippen molar-refractivity contribution in [2.24, 2.45) is 16.6 Å². The van der Waals surface area contributed by atoms with Crippen molar-refractivity contribution in [1.29, 1.82) is 0 Å². The zero-order chi connectivity index (χ0) is 14.4. The normalized spacial score (nSPS) is 30.5. The maximum Gasteiger partial charge on any atom is 0.0659 e. The molecule has 0 radical (unpaired) electrons. The van der Waals surface area contributed by atoms with E-state index in [0.717, 1.165) is 19.3 Å². The van der Waals surface area contributed by atoms with Crippen LogP contribution >= 0.6 is 0 Å². The average Bonchev–Trinajstić information content (AvgIpc) is 2.38. The summed E-state index contributed by atoms with van der Waals surface area (Å²) < 4.78 is 0. The molecule has 0 aromatic heterocycles. The standard InChI is InChI=1S/C17H35NO/c1-4-5-6-7-8-9-12-17(14-18)13-10-11-16(2,3)15(17)19/h15,19H,4-14,18H2,1-3H3. The number of unbranched alkanes of at least 4 members (excludes halogenated alkanes) is 5. The van der Waals surface area contributed by atoms with E-state index in [4.69, 9.17) is 5.73 Å². The van der Waals surface area contributed by atoms with Crippen molar-refractivity contribution >= 4 is 0 Å². The fourth-order valence-electron chi connectivity index (χ4n) is 3.83. The molecule has 0 spiro atoms. The summed E-state index contributed by atoms with van der Waals surface area (Å²) in [5.41, 5.74) is 6.09. The van der Waals surface area contributed by atoms with Crippen LogP contribution in [0.3, 0.4) is 0 Å². The van der Waals surface area contributed by atoms with E-state index >= 15 is 0 Å². The highest BCUT2D eigenvalue weighted by Crippen LogP contribution is 2.48. The zero-order valence-electron chi connectivity index (χ0n) is 13.4. The van der Waals surface area contributed by atoms with Crippen LogP contribution in [-0.2, 0) is 0 Å². The second-order valence-corrected chi connectivity index (χ2v) is 7.33. The van der Waals surface area contributed by atoms with E-state index in [0.29, 0.717) is 6.54 Å². The third-order valence-corrected chi connectivity index (χ3v) is 5.25. The van der Waals surface area contributed by atoms with Crippen LogP contribution in [0.4, 0.5) is 0 Å². The van der Waals surface area contributed by atoms with Crippen LogP contribution in [0.2, 0.25) is 0 Å². The third-order valence-electron chi connectivity index (χ3n) is 5.25. The number of aliphatic hydroxyl groups excluding tert-OH is 1. The van der Waals surface area contributed by atoms with Crippen LogP contribution in [0.15, 0.2) is 0 Å². The van der Waals surface area contributed by atoms with Gasteiger partial charge in [-0.25, -0.2) is 0 Å². The Bertz CT molecular complexity index is 252. The van der Waals surface area contributed by atoms with Crippen molar-refractivity contribution in [3.05, 3.63) is 0 Å². The Morgan fingerprint density at radius 2 is 1.68 bits per heavy atom. The second-order valence-electron chi connectivity index (χ2n) is 7.33. The topological polar surface area (TPSA) is 46.2 Å². The molecule has 0 aliphatic heterocycles. The molecule has 1 saturated carbocycles. The fourth-order valence-corrected chi connectivity index (χ4v) is 3.83. The molecular weight excluding hydrogens is 234 g/mol. The summed E-state index contributed by atoms with van der Waals surface area (Å²) in [5, 5.41) is 10.7. The molecular formula is C17H35NO. The summed E-state index contributed by atoms with van der Waals surface area (Å²) in [6, 6.07) is 0. The molecule has 0 saturated heterocycles. The molecule has 1 aliphatic rings. The SMILES string of the molecule is CCCCCCCCC1(CN)CCCC(C)(C)C1O. The van der Waals surface area contributed by atoms with E-state index in [9.17, 15) is 5.11 Å².